The highest BCUT2D eigenvalue weighted by molar-refractivity contribution is 5.76. The Morgan fingerprint density at radius 2 is 1.83 bits per heavy atom. The number of rotatable bonds is 2. The lowest BCUT2D eigenvalue weighted by atomic mass is 9.88. The van der Waals surface area contributed by atoms with Gasteiger partial charge < -0.3 is 10.6 Å². The Kier molecular flexibility index (Phi) is 2.48. The third-order valence-corrected chi connectivity index (χ3v) is 3.74. The van der Waals surface area contributed by atoms with Crippen molar-refractivity contribution in [1.82, 2.24) is 9.97 Å². The van der Waals surface area contributed by atoms with Gasteiger partial charge in [-0.3, -0.25) is 0 Å². The molecule has 0 atom stereocenters. The third kappa shape index (κ3) is 1.73. The van der Waals surface area contributed by atoms with E-state index in [1.54, 1.807) is 0 Å². The van der Waals surface area contributed by atoms with Crippen molar-refractivity contribution in [1.29, 1.82) is 0 Å². The maximum absolute atomic E-state index is 6.20. The molecule has 94 valence electrons. The highest BCUT2D eigenvalue weighted by Crippen LogP contribution is 2.29. The lowest BCUT2D eigenvalue weighted by Gasteiger charge is -2.48. The van der Waals surface area contributed by atoms with Crippen LogP contribution in [-0.2, 0) is 0 Å². The minimum atomic E-state index is -0.0419. The van der Waals surface area contributed by atoms with Crippen molar-refractivity contribution in [2.24, 2.45) is 5.73 Å². The van der Waals surface area contributed by atoms with Crippen LogP contribution in [-0.4, -0.2) is 28.6 Å². The summed E-state index contributed by atoms with van der Waals surface area (Å²) in [6.07, 6.45) is 1.00. The fourth-order valence-corrected chi connectivity index (χ4v) is 2.47. The summed E-state index contributed by atoms with van der Waals surface area (Å²) in [6.45, 7) is 5.89. The van der Waals surface area contributed by atoms with Crippen LogP contribution in [0.1, 0.15) is 19.0 Å². The van der Waals surface area contributed by atoms with Gasteiger partial charge in [0.2, 0.25) is 0 Å². The van der Waals surface area contributed by atoms with Gasteiger partial charge in [0.05, 0.1) is 22.3 Å². The molecule has 1 aliphatic rings. The summed E-state index contributed by atoms with van der Waals surface area (Å²) < 4.78 is 0. The second kappa shape index (κ2) is 3.92. The lowest BCUT2D eigenvalue weighted by molar-refractivity contribution is 0.319. The van der Waals surface area contributed by atoms with Crippen molar-refractivity contribution in [3.8, 4) is 0 Å². The highest BCUT2D eigenvalue weighted by atomic mass is 15.3. The number of nitrogens with two attached hydrogens (primary N) is 1. The number of para-hydroxylation sites is 2. The van der Waals surface area contributed by atoms with Crippen LogP contribution in [0.3, 0.4) is 0 Å². The fraction of sp³-hybridized carbons (Fsp3) is 0.429. The minimum absolute atomic E-state index is 0.0419. The second-order valence-corrected chi connectivity index (χ2v) is 5.19. The molecular weight excluding hydrogens is 224 g/mol. The van der Waals surface area contributed by atoms with Crippen LogP contribution >= 0.6 is 0 Å². The molecule has 0 aliphatic carbocycles. The normalized spacial score (nSPS) is 17.8. The van der Waals surface area contributed by atoms with E-state index in [4.69, 9.17) is 10.7 Å². The first-order chi connectivity index (χ1) is 8.61. The topological polar surface area (TPSA) is 55.0 Å². The molecule has 0 radical (unpaired) electrons. The Balaban J connectivity index is 1.96. The molecule has 1 fully saturated rings. The molecule has 0 spiro atoms. The van der Waals surface area contributed by atoms with E-state index in [1.807, 2.05) is 31.2 Å². The second-order valence-electron chi connectivity index (χ2n) is 5.19. The van der Waals surface area contributed by atoms with Gasteiger partial charge in [-0.15, -0.1) is 0 Å². The Bertz CT molecular complexity index is 587. The van der Waals surface area contributed by atoms with Crippen molar-refractivity contribution in [2.75, 3.05) is 18.0 Å². The maximum atomic E-state index is 6.20. The number of aryl methyl sites for hydroxylation is 1. The molecule has 1 saturated heterocycles. The predicted octanol–water partition coefficient (Wildman–Crippen LogP) is 1.87. The number of aromatic nitrogens is 2. The van der Waals surface area contributed by atoms with Gasteiger partial charge in [-0.25, -0.2) is 9.97 Å². The van der Waals surface area contributed by atoms with Gasteiger partial charge in [-0.05, 0) is 25.5 Å². The molecule has 1 aromatic heterocycles. The molecule has 0 bridgehead atoms. The van der Waals surface area contributed by atoms with E-state index in [0.717, 1.165) is 42.1 Å². The summed E-state index contributed by atoms with van der Waals surface area (Å²) in [4.78, 5) is 11.5. The van der Waals surface area contributed by atoms with E-state index in [1.165, 1.54) is 0 Å². The van der Waals surface area contributed by atoms with Crippen LogP contribution in [0.15, 0.2) is 24.3 Å². The Morgan fingerprint density at radius 1 is 1.22 bits per heavy atom. The van der Waals surface area contributed by atoms with E-state index >= 15 is 0 Å². The smallest absolute Gasteiger partial charge is 0.150 e. The Morgan fingerprint density at radius 3 is 2.44 bits per heavy atom. The first kappa shape index (κ1) is 11.4. The molecule has 2 aromatic rings. The van der Waals surface area contributed by atoms with Gasteiger partial charge in [-0.1, -0.05) is 19.1 Å². The molecule has 18 heavy (non-hydrogen) atoms. The van der Waals surface area contributed by atoms with E-state index in [-0.39, 0.29) is 5.54 Å². The summed E-state index contributed by atoms with van der Waals surface area (Å²) in [5.74, 6) is 0.975. The van der Waals surface area contributed by atoms with Crippen molar-refractivity contribution >= 4 is 16.9 Å². The van der Waals surface area contributed by atoms with E-state index in [0.29, 0.717) is 0 Å². The minimum Gasteiger partial charge on any atom is -0.351 e. The number of hydrogen-bond donors (Lipinski definition) is 1. The van der Waals surface area contributed by atoms with Gasteiger partial charge in [0.1, 0.15) is 0 Å². The Hall–Kier alpha value is -1.68. The maximum Gasteiger partial charge on any atom is 0.150 e. The summed E-state index contributed by atoms with van der Waals surface area (Å²) in [7, 11) is 0. The molecule has 0 unspecified atom stereocenters. The number of benzene rings is 1. The number of hydrogen-bond acceptors (Lipinski definition) is 4. The standard InChI is InChI=1S/C14H18N4/c1-3-14(15)8-18(9-14)13-10(2)16-11-6-4-5-7-12(11)17-13/h4-7H,3,8-9,15H2,1-2H3. The van der Waals surface area contributed by atoms with Gasteiger partial charge >= 0.3 is 0 Å². The summed E-state index contributed by atoms with van der Waals surface area (Å²) in [6, 6.07) is 7.97. The average Bonchev–Trinajstić information content (AvgIpc) is 2.34. The molecule has 2 heterocycles. The molecular formula is C14H18N4. The molecule has 2 N–H and O–H groups in total. The van der Waals surface area contributed by atoms with Crippen LogP contribution in [0.4, 0.5) is 5.82 Å². The van der Waals surface area contributed by atoms with Crippen molar-refractivity contribution in [2.45, 2.75) is 25.8 Å². The van der Waals surface area contributed by atoms with Crippen molar-refractivity contribution in [3.05, 3.63) is 30.0 Å². The molecule has 4 heteroatoms. The molecule has 1 aliphatic heterocycles. The lowest BCUT2D eigenvalue weighted by Crippen LogP contribution is -2.67. The van der Waals surface area contributed by atoms with Crippen LogP contribution in [0, 0.1) is 6.92 Å². The van der Waals surface area contributed by atoms with Crippen LogP contribution in [0.5, 0.6) is 0 Å². The number of fused-ring (bicyclic) bond motifs is 1. The van der Waals surface area contributed by atoms with Crippen LogP contribution in [0.2, 0.25) is 0 Å². The largest absolute Gasteiger partial charge is 0.351 e. The van der Waals surface area contributed by atoms with Crippen LogP contribution in [0.25, 0.3) is 11.0 Å². The van der Waals surface area contributed by atoms with E-state index < -0.39 is 0 Å². The summed E-state index contributed by atoms with van der Waals surface area (Å²) >= 11 is 0. The summed E-state index contributed by atoms with van der Waals surface area (Å²) in [5, 5.41) is 0. The number of nitrogens with zero attached hydrogens (tertiary/aromatic N) is 3. The Labute approximate surface area is 107 Å². The predicted molar refractivity (Wildman–Crippen MR) is 73.7 cm³/mol. The molecule has 0 saturated carbocycles. The van der Waals surface area contributed by atoms with Crippen molar-refractivity contribution < 1.29 is 0 Å². The monoisotopic (exact) mass is 242 g/mol. The molecule has 4 nitrogen and oxygen atoms in total. The highest BCUT2D eigenvalue weighted by Gasteiger charge is 2.39. The van der Waals surface area contributed by atoms with Gasteiger partial charge in [0.25, 0.3) is 0 Å². The van der Waals surface area contributed by atoms with Gasteiger partial charge in [0, 0.05) is 13.1 Å². The molecule has 1 aromatic carbocycles. The van der Waals surface area contributed by atoms with Crippen molar-refractivity contribution in [3.63, 3.8) is 0 Å². The zero-order valence-electron chi connectivity index (χ0n) is 10.8. The summed E-state index contributed by atoms with van der Waals surface area (Å²) in [5.41, 5.74) is 9.04. The fourth-order valence-electron chi connectivity index (χ4n) is 2.47. The molecule has 0 amide bonds. The SMILES string of the molecule is CCC1(N)CN(c2nc3ccccc3nc2C)C1. The average molecular weight is 242 g/mol. The van der Waals surface area contributed by atoms with Gasteiger partial charge in [-0.2, -0.15) is 0 Å². The van der Waals surface area contributed by atoms with Gasteiger partial charge in [0.15, 0.2) is 5.82 Å². The quantitative estimate of drug-likeness (QED) is 0.873. The third-order valence-electron chi connectivity index (χ3n) is 3.74. The zero-order chi connectivity index (χ0) is 12.8. The molecule has 3 rings (SSSR count). The van der Waals surface area contributed by atoms with E-state index in [9.17, 15) is 0 Å². The zero-order valence-corrected chi connectivity index (χ0v) is 10.8. The number of anilines is 1. The first-order valence-corrected chi connectivity index (χ1v) is 6.38. The van der Waals surface area contributed by atoms with E-state index in [2.05, 4.69) is 16.8 Å². The van der Waals surface area contributed by atoms with Crippen LogP contribution < -0.4 is 10.6 Å². The first-order valence-electron chi connectivity index (χ1n) is 6.38.